The molecule has 0 bridgehead atoms. The van der Waals surface area contributed by atoms with E-state index < -0.39 is 5.60 Å². The number of hydrogen-bond acceptors (Lipinski definition) is 4. The average molecular weight is 469 g/mol. The molecule has 0 saturated carbocycles. The molecule has 0 aromatic rings. The van der Waals surface area contributed by atoms with Gasteiger partial charge in [-0.3, -0.25) is 9.79 Å². The number of carbonyl (C=O) groups excluding carboxylic acids is 2. The van der Waals surface area contributed by atoms with Crippen LogP contribution in [-0.2, 0) is 9.53 Å². The van der Waals surface area contributed by atoms with E-state index in [1.165, 1.54) is 0 Å². The Bertz CT molecular complexity index is 459. The maximum Gasteiger partial charge on any atom is 0.410 e. The van der Waals surface area contributed by atoms with Crippen molar-refractivity contribution in [2.75, 3.05) is 33.2 Å². The lowest BCUT2D eigenvalue weighted by Gasteiger charge is -2.40. The minimum Gasteiger partial charge on any atom is -0.444 e. The first-order chi connectivity index (χ1) is 11.2. The van der Waals surface area contributed by atoms with Crippen LogP contribution in [0.1, 0.15) is 40.5 Å². The molecule has 1 saturated heterocycles. The van der Waals surface area contributed by atoms with Crippen molar-refractivity contribution >= 4 is 41.9 Å². The van der Waals surface area contributed by atoms with Gasteiger partial charge in [-0.15, -0.1) is 24.0 Å². The Kier molecular flexibility index (Phi) is 10.8. The number of guanidine groups is 1. The van der Waals surface area contributed by atoms with Crippen molar-refractivity contribution in [3.8, 4) is 0 Å². The lowest BCUT2D eigenvalue weighted by Crippen LogP contribution is -2.63. The van der Waals surface area contributed by atoms with Crippen molar-refractivity contribution in [3.05, 3.63) is 0 Å². The Labute approximate surface area is 167 Å². The van der Waals surface area contributed by atoms with E-state index in [1.54, 1.807) is 11.9 Å². The Morgan fingerprint density at radius 2 is 1.84 bits per heavy atom. The van der Waals surface area contributed by atoms with Gasteiger partial charge in [-0.05, 0) is 27.2 Å². The van der Waals surface area contributed by atoms with Gasteiger partial charge in [0.15, 0.2) is 5.96 Å². The molecule has 0 aromatic heterocycles. The SMILES string of the molecule is CCCNC(=O)CCNC(=NC)NC1CN(C(=O)OC(C)(C)C)C1.I. The minimum absolute atomic E-state index is 0. The zero-order valence-corrected chi connectivity index (χ0v) is 18.2. The monoisotopic (exact) mass is 469 g/mol. The number of ether oxygens (including phenoxy) is 1. The fourth-order valence-electron chi connectivity index (χ4n) is 2.08. The number of amides is 2. The minimum atomic E-state index is -0.481. The molecule has 25 heavy (non-hydrogen) atoms. The van der Waals surface area contributed by atoms with Crippen molar-refractivity contribution in [1.82, 2.24) is 20.9 Å². The van der Waals surface area contributed by atoms with Crippen LogP contribution in [0.2, 0.25) is 0 Å². The molecule has 9 heteroatoms. The van der Waals surface area contributed by atoms with Crippen molar-refractivity contribution in [2.24, 2.45) is 4.99 Å². The molecule has 146 valence electrons. The Hall–Kier alpha value is -1.26. The zero-order chi connectivity index (χ0) is 18.2. The van der Waals surface area contributed by atoms with Crippen LogP contribution in [0.4, 0.5) is 4.79 Å². The van der Waals surface area contributed by atoms with Gasteiger partial charge in [0.05, 0.1) is 6.04 Å². The summed E-state index contributed by atoms with van der Waals surface area (Å²) in [5.74, 6) is 0.659. The number of likely N-dealkylation sites (tertiary alicyclic amines) is 1. The Balaban J connectivity index is 0.00000576. The molecule has 2 amide bonds. The van der Waals surface area contributed by atoms with E-state index in [0.29, 0.717) is 38.6 Å². The third-order valence-corrected chi connectivity index (χ3v) is 3.31. The van der Waals surface area contributed by atoms with Gasteiger partial charge in [0.25, 0.3) is 0 Å². The van der Waals surface area contributed by atoms with E-state index in [4.69, 9.17) is 4.74 Å². The molecule has 1 heterocycles. The van der Waals surface area contributed by atoms with Crippen LogP contribution in [0.3, 0.4) is 0 Å². The van der Waals surface area contributed by atoms with Gasteiger partial charge in [-0.1, -0.05) is 6.92 Å². The summed E-state index contributed by atoms with van der Waals surface area (Å²) in [6, 6.07) is 0.137. The molecule has 0 radical (unpaired) electrons. The largest absolute Gasteiger partial charge is 0.444 e. The van der Waals surface area contributed by atoms with Crippen LogP contribution >= 0.6 is 24.0 Å². The summed E-state index contributed by atoms with van der Waals surface area (Å²) >= 11 is 0. The highest BCUT2D eigenvalue weighted by Crippen LogP contribution is 2.15. The summed E-state index contributed by atoms with van der Waals surface area (Å²) in [4.78, 5) is 29.2. The van der Waals surface area contributed by atoms with Crippen LogP contribution in [0.5, 0.6) is 0 Å². The third kappa shape index (κ3) is 9.71. The van der Waals surface area contributed by atoms with E-state index in [0.717, 1.165) is 6.42 Å². The number of hydrogen-bond donors (Lipinski definition) is 3. The zero-order valence-electron chi connectivity index (χ0n) is 15.8. The number of rotatable bonds is 6. The fourth-order valence-corrected chi connectivity index (χ4v) is 2.08. The second-order valence-electron chi connectivity index (χ2n) is 6.83. The molecular weight excluding hydrogens is 437 g/mol. The standard InChI is InChI=1S/C16H31N5O3.HI/c1-6-8-18-13(22)7-9-19-14(17-5)20-12-10-21(11-12)15(23)24-16(2,3)4;/h12H,6-11H2,1-5H3,(H,18,22)(H2,17,19,20);1H. The highest BCUT2D eigenvalue weighted by Gasteiger charge is 2.34. The summed E-state index contributed by atoms with van der Waals surface area (Å²) in [6.45, 7) is 9.93. The molecule has 1 rings (SSSR count). The first-order valence-electron chi connectivity index (χ1n) is 8.47. The van der Waals surface area contributed by atoms with Gasteiger partial charge in [0.2, 0.25) is 5.91 Å². The van der Waals surface area contributed by atoms with Crippen LogP contribution in [0, 0.1) is 0 Å². The number of halogens is 1. The van der Waals surface area contributed by atoms with Crippen LogP contribution in [0.15, 0.2) is 4.99 Å². The van der Waals surface area contributed by atoms with Crippen molar-refractivity contribution in [1.29, 1.82) is 0 Å². The molecule has 0 aliphatic carbocycles. The summed E-state index contributed by atoms with van der Waals surface area (Å²) in [5.41, 5.74) is -0.481. The molecular formula is C16H32IN5O3. The normalized spacial score (nSPS) is 14.9. The first-order valence-corrected chi connectivity index (χ1v) is 8.47. The Morgan fingerprint density at radius 1 is 1.20 bits per heavy atom. The maximum atomic E-state index is 11.9. The molecule has 0 unspecified atom stereocenters. The van der Waals surface area contributed by atoms with Gasteiger partial charge in [0.1, 0.15) is 5.60 Å². The van der Waals surface area contributed by atoms with Gasteiger partial charge >= 0.3 is 6.09 Å². The molecule has 1 aliphatic heterocycles. The second kappa shape index (κ2) is 11.4. The average Bonchev–Trinajstić information content (AvgIpc) is 2.44. The number of aliphatic imine (C=N–C) groups is 1. The van der Waals surface area contributed by atoms with E-state index in [9.17, 15) is 9.59 Å². The molecule has 1 fully saturated rings. The summed E-state index contributed by atoms with van der Waals surface area (Å²) in [6.07, 6.45) is 1.03. The highest BCUT2D eigenvalue weighted by molar-refractivity contribution is 14.0. The van der Waals surface area contributed by atoms with Gasteiger partial charge in [0, 0.05) is 39.6 Å². The first kappa shape index (κ1) is 23.7. The van der Waals surface area contributed by atoms with Crippen molar-refractivity contribution < 1.29 is 14.3 Å². The van der Waals surface area contributed by atoms with E-state index in [-0.39, 0.29) is 42.0 Å². The molecule has 1 aliphatic rings. The molecule has 8 nitrogen and oxygen atoms in total. The Morgan fingerprint density at radius 3 is 2.36 bits per heavy atom. The third-order valence-electron chi connectivity index (χ3n) is 3.31. The molecule has 0 aromatic carbocycles. The van der Waals surface area contributed by atoms with Crippen LogP contribution < -0.4 is 16.0 Å². The summed E-state index contributed by atoms with van der Waals surface area (Å²) in [5, 5.41) is 9.15. The highest BCUT2D eigenvalue weighted by atomic mass is 127. The predicted octanol–water partition coefficient (Wildman–Crippen LogP) is 1.31. The maximum absolute atomic E-state index is 11.9. The summed E-state index contributed by atoms with van der Waals surface area (Å²) < 4.78 is 5.31. The molecule has 0 spiro atoms. The molecule has 0 atom stereocenters. The van der Waals surface area contributed by atoms with Crippen LogP contribution in [0.25, 0.3) is 0 Å². The smallest absolute Gasteiger partial charge is 0.410 e. The second-order valence-corrected chi connectivity index (χ2v) is 6.83. The lowest BCUT2D eigenvalue weighted by molar-refractivity contribution is -0.120. The number of nitrogens with zero attached hydrogens (tertiary/aromatic N) is 2. The topological polar surface area (TPSA) is 95.1 Å². The van der Waals surface area contributed by atoms with Gasteiger partial charge in [-0.25, -0.2) is 4.79 Å². The quantitative estimate of drug-likeness (QED) is 0.310. The fraction of sp³-hybridized carbons (Fsp3) is 0.812. The summed E-state index contributed by atoms with van der Waals surface area (Å²) in [7, 11) is 1.68. The van der Waals surface area contributed by atoms with E-state index >= 15 is 0 Å². The number of carbonyl (C=O) groups is 2. The van der Waals surface area contributed by atoms with Crippen LogP contribution in [-0.4, -0.2) is 67.7 Å². The predicted molar refractivity (Wildman–Crippen MR) is 109 cm³/mol. The van der Waals surface area contributed by atoms with Crippen molar-refractivity contribution in [2.45, 2.75) is 52.2 Å². The lowest BCUT2D eigenvalue weighted by atomic mass is 10.1. The van der Waals surface area contributed by atoms with E-state index in [2.05, 4.69) is 20.9 Å². The number of nitrogens with one attached hydrogen (secondary N) is 3. The van der Waals surface area contributed by atoms with E-state index in [1.807, 2.05) is 27.7 Å². The van der Waals surface area contributed by atoms with Gasteiger partial charge in [-0.2, -0.15) is 0 Å². The molecule has 3 N–H and O–H groups in total. The van der Waals surface area contributed by atoms with Crippen molar-refractivity contribution in [3.63, 3.8) is 0 Å². The van der Waals surface area contributed by atoms with Gasteiger partial charge < -0.3 is 25.6 Å².